The number of carbonyl (C=O) groups excluding carboxylic acids is 2. The smallest absolute Gasteiger partial charge is 0.290 e. The Morgan fingerprint density at radius 1 is 1.19 bits per heavy atom. The van der Waals surface area contributed by atoms with Crippen molar-refractivity contribution >= 4 is 11.7 Å². The van der Waals surface area contributed by atoms with Gasteiger partial charge < -0.3 is 19.2 Å². The Balaban J connectivity index is 1.77. The minimum Gasteiger partial charge on any atom is -0.503 e. The fourth-order valence-corrected chi connectivity index (χ4v) is 3.61. The van der Waals surface area contributed by atoms with E-state index in [4.69, 9.17) is 9.15 Å². The van der Waals surface area contributed by atoms with E-state index in [2.05, 4.69) is 4.98 Å². The highest BCUT2D eigenvalue weighted by Crippen LogP contribution is 2.40. The number of aliphatic hydroxyl groups is 1. The molecule has 4 rings (SSSR count). The number of nitrogens with zero attached hydrogens (tertiary/aromatic N) is 2. The monoisotopic (exact) mass is 418 g/mol. The number of ketones is 1. The standard InChI is InChI=1S/C24H22N2O5/c1-2-12-30-18-6-3-5-17(14-18)21-20(22(27)19-7-4-13-31-19)23(28)24(29)26(21)15-16-8-10-25-11-9-16/h3-11,13-14,21,28H,2,12,15H2,1H3. The topological polar surface area (TPSA) is 92.9 Å². The summed E-state index contributed by atoms with van der Waals surface area (Å²) in [6, 6.07) is 13.1. The second kappa shape index (κ2) is 8.87. The van der Waals surface area contributed by atoms with Crippen molar-refractivity contribution in [2.45, 2.75) is 25.9 Å². The van der Waals surface area contributed by atoms with Crippen LogP contribution in [0.5, 0.6) is 5.75 Å². The van der Waals surface area contributed by atoms with E-state index in [1.807, 2.05) is 19.1 Å². The van der Waals surface area contributed by atoms with Crippen molar-refractivity contribution in [3.05, 3.63) is 95.4 Å². The van der Waals surface area contributed by atoms with Gasteiger partial charge in [0.1, 0.15) is 5.75 Å². The summed E-state index contributed by atoms with van der Waals surface area (Å²) >= 11 is 0. The van der Waals surface area contributed by atoms with E-state index in [-0.39, 0.29) is 17.9 Å². The van der Waals surface area contributed by atoms with E-state index in [1.165, 1.54) is 17.2 Å². The normalized spacial score (nSPS) is 16.1. The van der Waals surface area contributed by atoms with E-state index in [0.29, 0.717) is 17.9 Å². The van der Waals surface area contributed by atoms with Crippen LogP contribution in [0.2, 0.25) is 0 Å². The van der Waals surface area contributed by atoms with Crippen molar-refractivity contribution in [1.82, 2.24) is 9.88 Å². The summed E-state index contributed by atoms with van der Waals surface area (Å²) < 4.78 is 11.0. The molecule has 1 amide bonds. The Kier molecular flexibility index (Phi) is 5.84. The third kappa shape index (κ3) is 4.07. The molecule has 1 aliphatic heterocycles. The number of aliphatic hydroxyl groups excluding tert-OH is 1. The molecular formula is C24H22N2O5. The van der Waals surface area contributed by atoms with Gasteiger partial charge in [-0.25, -0.2) is 0 Å². The predicted molar refractivity (Wildman–Crippen MR) is 112 cm³/mol. The van der Waals surface area contributed by atoms with Crippen molar-refractivity contribution in [2.24, 2.45) is 0 Å². The summed E-state index contributed by atoms with van der Waals surface area (Å²) in [5.74, 6) is -1.02. The summed E-state index contributed by atoms with van der Waals surface area (Å²) in [6.07, 6.45) is 5.49. The predicted octanol–water partition coefficient (Wildman–Crippen LogP) is 4.24. The Morgan fingerprint density at radius 2 is 2.00 bits per heavy atom. The lowest BCUT2D eigenvalue weighted by Crippen LogP contribution is -2.30. The van der Waals surface area contributed by atoms with Crippen LogP contribution in [0.25, 0.3) is 0 Å². The molecule has 0 radical (unpaired) electrons. The molecule has 0 spiro atoms. The van der Waals surface area contributed by atoms with E-state index >= 15 is 0 Å². The van der Waals surface area contributed by atoms with Crippen LogP contribution in [0, 0.1) is 0 Å². The van der Waals surface area contributed by atoms with Crippen molar-refractivity contribution in [3.8, 4) is 5.75 Å². The molecule has 0 fully saturated rings. The minimum atomic E-state index is -0.788. The quantitative estimate of drug-likeness (QED) is 0.550. The molecule has 2 aromatic heterocycles. The van der Waals surface area contributed by atoms with Gasteiger partial charge in [-0.05, 0) is 53.9 Å². The molecule has 0 saturated carbocycles. The van der Waals surface area contributed by atoms with Crippen LogP contribution >= 0.6 is 0 Å². The molecule has 1 aromatic carbocycles. The summed E-state index contributed by atoms with van der Waals surface area (Å²) in [7, 11) is 0. The summed E-state index contributed by atoms with van der Waals surface area (Å²) in [5.41, 5.74) is 1.47. The number of benzene rings is 1. The van der Waals surface area contributed by atoms with Gasteiger partial charge in [0.2, 0.25) is 5.78 Å². The van der Waals surface area contributed by atoms with Crippen LogP contribution in [0.1, 0.15) is 41.1 Å². The van der Waals surface area contributed by atoms with Gasteiger partial charge in [0.15, 0.2) is 11.5 Å². The van der Waals surface area contributed by atoms with E-state index in [1.54, 1.807) is 42.7 Å². The Labute approximate surface area is 179 Å². The van der Waals surface area contributed by atoms with Crippen molar-refractivity contribution in [2.75, 3.05) is 6.61 Å². The van der Waals surface area contributed by atoms with Crippen molar-refractivity contribution in [1.29, 1.82) is 0 Å². The van der Waals surface area contributed by atoms with Crippen molar-refractivity contribution < 1.29 is 23.8 Å². The molecule has 0 aliphatic carbocycles. The fraction of sp³-hybridized carbons (Fsp3) is 0.208. The largest absolute Gasteiger partial charge is 0.503 e. The van der Waals surface area contributed by atoms with Gasteiger partial charge in [-0.2, -0.15) is 0 Å². The molecule has 7 nitrogen and oxygen atoms in total. The molecule has 3 aromatic rings. The van der Waals surface area contributed by atoms with Gasteiger partial charge in [-0.15, -0.1) is 0 Å². The van der Waals surface area contributed by atoms with Crippen molar-refractivity contribution in [3.63, 3.8) is 0 Å². The SMILES string of the molecule is CCCOc1cccc(C2C(C(=O)c3ccco3)=C(O)C(=O)N2Cc2ccncc2)c1. The fourth-order valence-electron chi connectivity index (χ4n) is 3.61. The highest BCUT2D eigenvalue weighted by Gasteiger charge is 2.44. The van der Waals surface area contributed by atoms with Crippen LogP contribution in [-0.4, -0.2) is 33.3 Å². The van der Waals surface area contributed by atoms with E-state index in [0.717, 1.165) is 12.0 Å². The first-order chi connectivity index (χ1) is 15.1. The third-order valence-electron chi connectivity index (χ3n) is 5.04. The molecule has 1 N–H and O–H groups in total. The van der Waals surface area contributed by atoms with Crippen LogP contribution in [0.15, 0.2) is 82.9 Å². The van der Waals surface area contributed by atoms with Crippen LogP contribution in [0.3, 0.4) is 0 Å². The van der Waals surface area contributed by atoms with Gasteiger partial charge in [0.25, 0.3) is 5.91 Å². The van der Waals surface area contributed by atoms with Crippen LogP contribution < -0.4 is 4.74 Å². The lowest BCUT2D eigenvalue weighted by atomic mass is 9.94. The van der Waals surface area contributed by atoms with Gasteiger partial charge in [0.05, 0.1) is 24.5 Å². The van der Waals surface area contributed by atoms with Gasteiger partial charge >= 0.3 is 0 Å². The molecule has 7 heteroatoms. The van der Waals surface area contributed by atoms with Crippen LogP contribution in [-0.2, 0) is 11.3 Å². The molecule has 0 saturated heterocycles. The first-order valence-electron chi connectivity index (χ1n) is 10.0. The number of pyridine rings is 1. The first-order valence-corrected chi connectivity index (χ1v) is 10.0. The second-order valence-corrected chi connectivity index (χ2v) is 7.18. The number of rotatable bonds is 8. The molecule has 1 aliphatic rings. The van der Waals surface area contributed by atoms with E-state index in [9.17, 15) is 14.7 Å². The maximum absolute atomic E-state index is 13.2. The average molecular weight is 418 g/mol. The lowest BCUT2D eigenvalue weighted by molar-refractivity contribution is -0.130. The molecular weight excluding hydrogens is 396 g/mol. The number of Topliss-reactive ketones (excluding diaryl/α,β-unsaturated/α-hetero) is 1. The zero-order chi connectivity index (χ0) is 21.8. The number of ether oxygens (including phenoxy) is 1. The highest BCUT2D eigenvalue weighted by atomic mass is 16.5. The maximum atomic E-state index is 13.2. The number of hydrogen-bond donors (Lipinski definition) is 1. The van der Waals surface area contributed by atoms with Gasteiger partial charge in [-0.3, -0.25) is 14.6 Å². The molecule has 1 unspecified atom stereocenters. The number of carbonyl (C=O) groups is 2. The number of amides is 1. The molecule has 0 bridgehead atoms. The molecule has 158 valence electrons. The Morgan fingerprint density at radius 3 is 2.71 bits per heavy atom. The summed E-state index contributed by atoms with van der Waals surface area (Å²) in [5, 5.41) is 10.7. The number of aromatic nitrogens is 1. The number of furan rings is 1. The summed E-state index contributed by atoms with van der Waals surface area (Å²) in [6.45, 7) is 2.76. The van der Waals surface area contributed by atoms with Crippen LogP contribution in [0.4, 0.5) is 0 Å². The number of hydrogen-bond acceptors (Lipinski definition) is 6. The van der Waals surface area contributed by atoms with E-state index < -0.39 is 23.5 Å². The zero-order valence-corrected chi connectivity index (χ0v) is 17.0. The minimum absolute atomic E-state index is 0.0124. The third-order valence-corrected chi connectivity index (χ3v) is 5.04. The summed E-state index contributed by atoms with van der Waals surface area (Å²) in [4.78, 5) is 31.7. The molecule has 3 heterocycles. The molecule has 1 atom stereocenters. The highest BCUT2D eigenvalue weighted by molar-refractivity contribution is 6.15. The zero-order valence-electron chi connectivity index (χ0n) is 17.0. The maximum Gasteiger partial charge on any atom is 0.290 e. The second-order valence-electron chi connectivity index (χ2n) is 7.18. The Hall–Kier alpha value is -3.87. The first kappa shape index (κ1) is 20.4. The van der Waals surface area contributed by atoms with Gasteiger partial charge in [0, 0.05) is 18.9 Å². The molecule has 31 heavy (non-hydrogen) atoms. The Bertz CT molecular complexity index is 1110. The average Bonchev–Trinajstić information content (AvgIpc) is 3.42. The lowest BCUT2D eigenvalue weighted by Gasteiger charge is -2.27. The van der Waals surface area contributed by atoms with Gasteiger partial charge in [-0.1, -0.05) is 19.1 Å².